The van der Waals surface area contributed by atoms with Crippen LogP contribution in [0.5, 0.6) is 0 Å². The van der Waals surface area contributed by atoms with Crippen molar-refractivity contribution in [2.45, 2.75) is 0 Å². The van der Waals surface area contributed by atoms with Gasteiger partial charge in [0.2, 0.25) is 0 Å². The molecule has 0 spiro atoms. The first-order chi connectivity index (χ1) is 14.1. The quantitative estimate of drug-likeness (QED) is 0.563. The second-order valence-corrected chi connectivity index (χ2v) is 7.29. The highest BCUT2D eigenvalue weighted by molar-refractivity contribution is 5.94. The van der Waals surface area contributed by atoms with Crippen LogP contribution in [-0.2, 0) is 0 Å². The summed E-state index contributed by atoms with van der Waals surface area (Å²) in [6.07, 6.45) is 1.56. The van der Waals surface area contributed by atoms with Crippen molar-refractivity contribution in [3.8, 4) is 11.1 Å². The minimum absolute atomic E-state index is 0.0719. The Morgan fingerprint density at radius 2 is 1.69 bits per heavy atom. The van der Waals surface area contributed by atoms with Gasteiger partial charge in [-0.25, -0.2) is 4.98 Å². The minimum atomic E-state index is -0.0719. The molecule has 2 aromatic carbocycles. The summed E-state index contributed by atoms with van der Waals surface area (Å²) in [6, 6.07) is 11.7. The SMILES string of the molecule is CN1CCN(C(=O)c2cnc3ccc(-c4ccc5oc(N)nc5c4)cc3n2)CC1. The topological polar surface area (TPSA) is 101 Å². The van der Waals surface area contributed by atoms with Crippen molar-refractivity contribution < 1.29 is 9.21 Å². The fourth-order valence-corrected chi connectivity index (χ4v) is 3.59. The van der Waals surface area contributed by atoms with Crippen molar-refractivity contribution in [1.82, 2.24) is 24.8 Å². The van der Waals surface area contributed by atoms with Crippen molar-refractivity contribution in [2.24, 2.45) is 0 Å². The number of nitrogen functional groups attached to an aromatic ring is 1. The second-order valence-electron chi connectivity index (χ2n) is 7.29. The Hall–Kier alpha value is -3.52. The molecule has 1 aliphatic rings. The van der Waals surface area contributed by atoms with E-state index in [1.54, 1.807) is 6.20 Å². The average molecular weight is 388 g/mol. The van der Waals surface area contributed by atoms with Crippen LogP contribution >= 0.6 is 0 Å². The van der Waals surface area contributed by atoms with Crippen LogP contribution in [0.4, 0.5) is 6.01 Å². The van der Waals surface area contributed by atoms with E-state index in [-0.39, 0.29) is 11.9 Å². The number of nitrogens with two attached hydrogens (primary N) is 1. The van der Waals surface area contributed by atoms with E-state index >= 15 is 0 Å². The lowest BCUT2D eigenvalue weighted by atomic mass is 10.0. The van der Waals surface area contributed by atoms with Crippen molar-refractivity contribution in [3.05, 3.63) is 48.3 Å². The van der Waals surface area contributed by atoms with Crippen LogP contribution in [0, 0.1) is 0 Å². The molecule has 29 heavy (non-hydrogen) atoms. The van der Waals surface area contributed by atoms with E-state index in [0.29, 0.717) is 35.4 Å². The largest absolute Gasteiger partial charge is 0.424 e. The van der Waals surface area contributed by atoms with E-state index in [1.807, 2.05) is 41.3 Å². The highest BCUT2D eigenvalue weighted by Crippen LogP contribution is 2.27. The predicted octanol–water partition coefficient (Wildman–Crippen LogP) is 2.41. The van der Waals surface area contributed by atoms with Gasteiger partial charge in [-0.1, -0.05) is 12.1 Å². The molecule has 3 heterocycles. The molecule has 8 heteroatoms. The third-order valence-electron chi connectivity index (χ3n) is 5.29. The summed E-state index contributed by atoms with van der Waals surface area (Å²) in [4.78, 5) is 30.1. The lowest BCUT2D eigenvalue weighted by Crippen LogP contribution is -2.47. The fraction of sp³-hybridized carbons (Fsp3) is 0.238. The summed E-state index contributed by atoms with van der Waals surface area (Å²) >= 11 is 0. The first kappa shape index (κ1) is 17.6. The molecule has 0 bridgehead atoms. The summed E-state index contributed by atoms with van der Waals surface area (Å²) in [6.45, 7) is 3.14. The standard InChI is InChI=1S/C21H20N6O2/c1-26-6-8-27(9-7-26)20(28)18-12-23-15-4-2-13(10-16(15)24-18)14-3-5-19-17(11-14)25-21(22)29-19/h2-5,10-12H,6-9H2,1H3,(H2,22,25). The number of carbonyl (C=O) groups excluding carboxylic acids is 1. The van der Waals surface area contributed by atoms with E-state index in [2.05, 4.69) is 26.9 Å². The lowest BCUT2D eigenvalue weighted by Gasteiger charge is -2.32. The molecular weight excluding hydrogens is 368 g/mol. The van der Waals surface area contributed by atoms with Crippen molar-refractivity contribution >= 4 is 34.1 Å². The first-order valence-corrected chi connectivity index (χ1v) is 9.48. The molecule has 1 aliphatic heterocycles. The number of benzene rings is 2. The summed E-state index contributed by atoms with van der Waals surface area (Å²) in [5.74, 6) is -0.0719. The Morgan fingerprint density at radius 3 is 2.48 bits per heavy atom. The van der Waals surface area contributed by atoms with Crippen LogP contribution in [0.2, 0.25) is 0 Å². The molecule has 0 radical (unpaired) electrons. The average Bonchev–Trinajstić information content (AvgIpc) is 3.12. The molecule has 1 fully saturated rings. The van der Waals surface area contributed by atoms with Gasteiger partial charge in [0, 0.05) is 26.2 Å². The number of amides is 1. The molecule has 0 atom stereocenters. The van der Waals surface area contributed by atoms with E-state index in [4.69, 9.17) is 10.2 Å². The van der Waals surface area contributed by atoms with Gasteiger partial charge < -0.3 is 20.0 Å². The van der Waals surface area contributed by atoms with Crippen molar-refractivity contribution in [3.63, 3.8) is 0 Å². The number of anilines is 1. The number of piperazine rings is 1. The number of rotatable bonds is 2. The molecule has 146 valence electrons. The van der Waals surface area contributed by atoms with Crippen molar-refractivity contribution in [2.75, 3.05) is 39.0 Å². The maximum Gasteiger partial charge on any atom is 0.292 e. The van der Waals surface area contributed by atoms with E-state index in [0.717, 1.165) is 29.7 Å². The Morgan fingerprint density at radius 1 is 0.966 bits per heavy atom. The molecule has 0 aliphatic carbocycles. The first-order valence-electron chi connectivity index (χ1n) is 9.48. The third-order valence-corrected chi connectivity index (χ3v) is 5.29. The maximum absolute atomic E-state index is 12.8. The molecule has 4 aromatic rings. The normalized spacial score (nSPS) is 15.3. The molecule has 0 unspecified atom stereocenters. The van der Waals surface area contributed by atoms with E-state index in [1.165, 1.54) is 0 Å². The van der Waals surface area contributed by atoms with Gasteiger partial charge in [-0.2, -0.15) is 4.98 Å². The van der Waals surface area contributed by atoms with Gasteiger partial charge in [-0.15, -0.1) is 0 Å². The summed E-state index contributed by atoms with van der Waals surface area (Å²) in [5, 5.41) is 0. The maximum atomic E-state index is 12.8. The van der Waals surface area contributed by atoms with Gasteiger partial charge in [-0.05, 0) is 42.4 Å². The van der Waals surface area contributed by atoms with Gasteiger partial charge in [0.25, 0.3) is 11.9 Å². The number of hydrogen-bond acceptors (Lipinski definition) is 7. The van der Waals surface area contributed by atoms with Crippen LogP contribution in [0.15, 0.2) is 47.0 Å². The summed E-state index contributed by atoms with van der Waals surface area (Å²) in [5.41, 5.74) is 10.7. The summed E-state index contributed by atoms with van der Waals surface area (Å²) < 4.78 is 5.33. The van der Waals surface area contributed by atoms with E-state index in [9.17, 15) is 4.79 Å². The second kappa shape index (κ2) is 6.82. The molecule has 2 aromatic heterocycles. The van der Waals surface area contributed by atoms with E-state index < -0.39 is 0 Å². The number of nitrogens with zero attached hydrogens (tertiary/aromatic N) is 5. The third kappa shape index (κ3) is 3.27. The monoisotopic (exact) mass is 388 g/mol. The number of hydrogen-bond donors (Lipinski definition) is 1. The zero-order chi connectivity index (χ0) is 20.0. The van der Waals surface area contributed by atoms with Gasteiger partial charge in [0.05, 0.1) is 17.2 Å². The fourth-order valence-electron chi connectivity index (χ4n) is 3.59. The molecular formula is C21H20N6O2. The van der Waals surface area contributed by atoms with Gasteiger partial charge in [0.15, 0.2) is 5.58 Å². The zero-order valence-electron chi connectivity index (χ0n) is 16.0. The Kier molecular flexibility index (Phi) is 4.13. The number of oxazole rings is 1. The molecule has 1 amide bonds. The molecule has 1 saturated heterocycles. The number of carbonyl (C=O) groups is 1. The van der Waals surface area contributed by atoms with Crippen LogP contribution in [-0.4, -0.2) is 63.9 Å². The Labute approximate surface area is 167 Å². The molecule has 2 N–H and O–H groups in total. The van der Waals surface area contributed by atoms with Gasteiger partial charge in [0.1, 0.15) is 11.2 Å². The van der Waals surface area contributed by atoms with Gasteiger partial charge >= 0.3 is 0 Å². The highest BCUT2D eigenvalue weighted by Gasteiger charge is 2.22. The Balaban J connectivity index is 1.49. The Bertz CT molecular complexity index is 1230. The minimum Gasteiger partial charge on any atom is -0.424 e. The van der Waals surface area contributed by atoms with Crippen LogP contribution in [0.1, 0.15) is 10.5 Å². The van der Waals surface area contributed by atoms with Crippen molar-refractivity contribution in [1.29, 1.82) is 0 Å². The van der Waals surface area contributed by atoms with Crippen LogP contribution in [0.25, 0.3) is 33.3 Å². The predicted molar refractivity (Wildman–Crippen MR) is 110 cm³/mol. The number of fused-ring (bicyclic) bond motifs is 2. The molecule has 5 rings (SSSR count). The molecule has 8 nitrogen and oxygen atoms in total. The van der Waals surface area contributed by atoms with Crippen LogP contribution < -0.4 is 5.73 Å². The highest BCUT2D eigenvalue weighted by atomic mass is 16.4. The number of aromatic nitrogens is 3. The molecule has 0 saturated carbocycles. The number of likely N-dealkylation sites (N-methyl/N-ethyl adjacent to an activating group) is 1. The zero-order valence-corrected chi connectivity index (χ0v) is 16.0. The van der Waals surface area contributed by atoms with Crippen LogP contribution in [0.3, 0.4) is 0 Å². The smallest absolute Gasteiger partial charge is 0.292 e. The lowest BCUT2D eigenvalue weighted by molar-refractivity contribution is 0.0658. The van der Waals surface area contributed by atoms with Gasteiger partial charge in [-0.3, -0.25) is 9.78 Å². The summed E-state index contributed by atoms with van der Waals surface area (Å²) in [7, 11) is 2.06.